The maximum absolute atomic E-state index is 10.1. The number of hydrogen-bond donors (Lipinski definition) is 2. The van der Waals surface area contributed by atoms with Gasteiger partial charge in [-0.25, -0.2) is 9.78 Å². The topological polar surface area (TPSA) is 70.4 Å². The van der Waals surface area contributed by atoms with Gasteiger partial charge in [0, 0.05) is 13.3 Å². The van der Waals surface area contributed by atoms with Crippen LogP contribution in [-0.2, 0) is 0 Å². The lowest BCUT2D eigenvalue weighted by Gasteiger charge is -1.87. The molecule has 0 radical (unpaired) electrons. The monoisotopic (exact) mass is 155 g/mol. The van der Waals surface area contributed by atoms with Crippen LogP contribution < -0.4 is 0 Å². The molecule has 1 aromatic rings. The van der Waals surface area contributed by atoms with Crippen LogP contribution in [-0.4, -0.2) is 28.3 Å². The van der Waals surface area contributed by atoms with Crippen molar-refractivity contribution in [2.75, 3.05) is 7.11 Å². The predicted octanol–water partition coefficient (Wildman–Crippen LogP) is 0.388. The van der Waals surface area contributed by atoms with Crippen LogP contribution in [0.4, 0.5) is 0 Å². The van der Waals surface area contributed by atoms with Gasteiger partial charge in [0.15, 0.2) is 0 Å². The molecule has 2 N–H and O–H groups in total. The standard InChI is InChI=1S/C6H5NO2.CH4O/c8-6(9)5-3-1-2-4-7-5;1-2/h1-4H,(H,8,9);2H,1H3. The van der Waals surface area contributed by atoms with Gasteiger partial charge in [0.1, 0.15) is 5.69 Å². The van der Waals surface area contributed by atoms with E-state index in [4.69, 9.17) is 10.2 Å². The van der Waals surface area contributed by atoms with Crippen LogP contribution in [0.5, 0.6) is 0 Å². The number of pyridine rings is 1. The summed E-state index contributed by atoms with van der Waals surface area (Å²) in [5.74, 6) is -0.990. The van der Waals surface area contributed by atoms with Crippen molar-refractivity contribution in [3.63, 3.8) is 0 Å². The van der Waals surface area contributed by atoms with Crippen LogP contribution in [0.2, 0.25) is 0 Å². The van der Waals surface area contributed by atoms with E-state index >= 15 is 0 Å². The van der Waals surface area contributed by atoms with Gasteiger partial charge in [0.2, 0.25) is 0 Å². The van der Waals surface area contributed by atoms with Gasteiger partial charge < -0.3 is 10.2 Å². The summed E-state index contributed by atoms with van der Waals surface area (Å²) >= 11 is 0. The predicted molar refractivity (Wildman–Crippen MR) is 39.3 cm³/mol. The van der Waals surface area contributed by atoms with Crippen molar-refractivity contribution in [2.45, 2.75) is 0 Å². The van der Waals surface area contributed by atoms with E-state index in [0.29, 0.717) is 0 Å². The molecule has 4 heteroatoms. The lowest BCUT2D eigenvalue weighted by atomic mass is 10.4. The number of aromatic nitrogens is 1. The van der Waals surface area contributed by atoms with Crippen molar-refractivity contribution in [3.05, 3.63) is 30.1 Å². The molecule has 0 unspecified atom stereocenters. The first-order chi connectivity index (χ1) is 5.30. The Hall–Kier alpha value is -1.42. The quantitative estimate of drug-likeness (QED) is 0.615. The van der Waals surface area contributed by atoms with Gasteiger partial charge in [-0.15, -0.1) is 0 Å². The number of carboxylic acid groups (broad SMARTS) is 1. The molecule has 1 rings (SSSR count). The van der Waals surface area contributed by atoms with Gasteiger partial charge in [0.05, 0.1) is 0 Å². The van der Waals surface area contributed by atoms with E-state index < -0.39 is 5.97 Å². The molecule has 0 saturated heterocycles. The van der Waals surface area contributed by atoms with Crippen LogP contribution in [0, 0.1) is 0 Å². The summed E-state index contributed by atoms with van der Waals surface area (Å²) in [6.45, 7) is 0. The average Bonchev–Trinajstić information content (AvgIpc) is 2.10. The molecule has 0 atom stereocenters. The van der Waals surface area contributed by atoms with E-state index in [0.717, 1.165) is 7.11 Å². The molecule has 0 saturated carbocycles. The molecule has 1 heterocycles. The number of nitrogens with zero attached hydrogens (tertiary/aromatic N) is 1. The van der Waals surface area contributed by atoms with E-state index in [9.17, 15) is 4.79 Å². The smallest absolute Gasteiger partial charge is 0.354 e. The minimum atomic E-state index is -0.990. The van der Waals surface area contributed by atoms with Crippen molar-refractivity contribution in [3.8, 4) is 0 Å². The third-order valence-corrected chi connectivity index (χ3v) is 0.884. The highest BCUT2D eigenvalue weighted by atomic mass is 16.4. The second-order valence-electron chi connectivity index (χ2n) is 1.52. The van der Waals surface area contributed by atoms with Crippen molar-refractivity contribution in [1.29, 1.82) is 0 Å². The van der Waals surface area contributed by atoms with Gasteiger partial charge in [-0.05, 0) is 12.1 Å². The molecule has 0 aliphatic carbocycles. The SMILES string of the molecule is CO.O=C(O)c1ccccn1. The van der Waals surface area contributed by atoms with Crippen molar-refractivity contribution in [1.82, 2.24) is 4.98 Å². The first-order valence-electron chi connectivity index (χ1n) is 2.90. The first-order valence-corrected chi connectivity index (χ1v) is 2.90. The second kappa shape index (κ2) is 5.37. The summed E-state index contributed by atoms with van der Waals surface area (Å²) < 4.78 is 0. The zero-order valence-corrected chi connectivity index (χ0v) is 6.06. The third kappa shape index (κ3) is 3.32. The molecule has 11 heavy (non-hydrogen) atoms. The fourth-order valence-electron chi connectivity index (χ4n) is 0.489. The molecule has 60 valence electrons. The number of hydrogen-bond acceptors (Lipinski definition) is 3. The number of aromatic carboxylic acids is 1. The molecule has 1 aromatic heterocycles. The summed E-state index contributed by atoms with van der Waals surface area (Å²) in [4.78, 5) is 13.7. The zero-order valence-electron chi connectivity index (χ0n) is 6.06. The maximum atomic E-state index is 10.1. The fourth-order valence-corrected chi connectivity index (χ4v) is 0.489. The minimum absolute atomic E-state index is 0.0810. The highest BCUT2D eigenvalue weighted by Gasteiger charge is 1.98. The Morgan fingerprint density at radius 1 is 1.45 bits per heavy atom. The van der Waals surface area contributed by atoms with Crippen molar-refractivity contribution < 1.29 is 15.0 Å². The number of aliphatic hydroxyl groups is 1. The number of aliphatic hydroxyl groups excluding tert-OH is 1. The zero-order chi connectivity index (χ0) is 8.69. The van der Waals surface area contributed by atoms with Crippen molar-refractivity contribution >= 4 is 5.97 Å². The number of carbonyl (C=O) groups is 1. The maximum Gasteiger partial charge on any atom is 0.354 e. The van der Waals surface area contributed by atoms with Gasteiger partial charge in [-0.2, -0.15) is 0 Å². The third-order valence-electron chi connectivity index (χ3n) is 0.884. The molecule has 0 aliphatic heterocycles. The Morgan fingerprint density at radius 3 is 2.36 bits per heavy atom. The fraction of sp³-hybridized carbons (Fsp3) is 0.143. The molecule has 0 bridgehead atoms. The molecular formula is C7H9NO3. The van der Waals surface area contributed by atoms with Gasteiger partial charge in [-0.1, -0.05) is 6.07 Å². The van der Waals surface area contributed by atoms with E-state index in [1.54, 1.807) is 12.1 Å². The van der Waals surface area contributed by atoms with Gasteiger partial charge >= 0.3 is 5.97 Å². The Balaban J connectivity index is 0.000000461. The van der Waals surface area contributed by atoms with Crippen LogP contribution in [0.1, 0.15) is 10.5 Å². The van der Waals surface area contributed by atoms with Crippen LogP contribution >= 0.6 is 0 Å². The summed E-state index contributed by atoms with van der Waals surface area (Å²) in [6, 6.07) is 4.76. The number of carboxylic acids is 1. The molecule has 4 nitrogen and oxygen atoms in total. The molecule has 0 spiro atoms. The van der Waals surface area contributed by atoms with Gasteiger partial charge in [-0.3, -0.25) is 0 Å². The Labute approximate surface area is 64.1 Å². The molecular weight excluding hydrogens is 146 g/mol. The Bertz CT molecular complexity index is 210. The van der Waals surface area contributed by atoms with Crippen LogP contribution in [0.3, 0.4) is 0 Å². The summed E-state index contributed by atoms with van der Waals surface area (Å²) in [5, 5.41) is 15.3. The van der Waals surface area contributed by atoms with Crippen molar-refractivity contribution in [2.24, 2.45) is 0 Å². The van der Waals surface area contributed by atoms with Crippen LogP contribution in [0.25, 0.3) is 0 Å². The largest absolute Gasteiger partial charge is 0.477 e. The van der Waals surface area contributed by atoms with E-state index in [1.165, 1.54) is 12.3 Å². The summed E-state index contributed by atoms with van der Waals surface area (Å²) in [5.41, 5.74) is 0.0810. The number of rotatable bonds is 1. The van der Waals surface area contributed by atoms with Gasteiger partial charge in [0.25, 0.3) is 0 Å². The minimum Gasteiger partial charge on any atom is -0.477 e. The molecule has 0 fully saturated rings. The summed E-state index contributed by atoms with van der Waals surface area (Å²) in [6.07, 6.45) is 1.45. The average molecular weight is 155 g/mol. The van der Waals surface area contributed by atoms with E-state index in [1.807, 2.05) is 0 Å². The molecule has 0 amide bonds. The molecule has 0 aliphatic rings. The van der Waals surface area contributed by atoms with Crippen LogP contribution in [0.15, 0.2) is 24.4 Å². The second-order valence-corrected chi connectivity index (χ2v) is 1.52. The highest BCUT2D eigenvalue weighted by molar-refractivity contribution is 5.85. The summed E-state index contributed by atoms with van der Waals surface area (Å²) in [7, 11) is 1.00. The lowest BCUT2D eigenvalue weighted by Crippen LogP contribution is -1.97. The van der Waals surface area contributed by atoms with E-state index in [2.05, 4.69) is 4.98 Å². The normalized spacial score (nSPS) is 7.82. The Kier molecular flexibility index (Phi) is 4.68. The Morgan fingerprint density at radius 2 is 2.09 bits per heavy atom. The van der Waals surface area contributed by atoms with E-state index in [-0.39, 0.29) is 5.69 Å². The first kappa shape index (κ1) is 9.58. The molecule has 0 aromatic carbocycles. The highest BCUT2D eigenvalue weighted by Crippen LogP contribution is 1.90. The lowest BCUT2D eigenvalue weighted by molar-refractivity contribution is 0.0690.